The molecule has 194 valence electrons. The fraction of sp³-hybridized carbons (Fsp3) is 0.133. The Morgan fingerprint density at radius 1 is 0.974 bits per heavy atom. The SMILES string of the molecule is CCCc1ccc(-c2nn(-c3ccccc3)c3c2C(c2ccc([N+](=O)[O-])cc2)N2C=C(Cl)C=C(Cl)C2=N3)cc1. The van der Waals surface area contributed by atoms with Crippen molar-refractivity contribution in [3.63, 3.8) is 0 Å². The molecule has 0 saturated heterocycles. The van der Waals surface area contributed by atoms with Gasteiger partial charge in [-0.25, -0.2) is 9.67 Å². The second kappa shape index (κ2) is 10.2. The van der Waals surface area contributed by atoms with Crippen LogP contribution >= 0.6 is 23.2 Å². The first kappa shape index (κ1) is 25.1. The summed E-state index contributed by atoms with van der Waals surface area (Å²) in [6, 6.07) is 24.3. The van der Waals surface area contributed by atoms with E-state index in [4.69, 9.17) is 33.3 Å². The number of non-ortho nitro benzene ring substituents is 1. The van der Waals surface area contributed by atoms with E-state index in [1.165, 1.54) is 17.7 Å². The summed E-state index contributed by atoms with van der Waals surface area (Å²) in [5.74, 6) is 1.17. The van der Waals surface area contributed by atoms with Gasteiger partial charge in [0, 0.05) is 23.9 Å². The predicted molar refractivity (Wildman–Crippen MR) is 155 cm³/mol. The summed E-state index contributed by atoms with van der Waals surface area (Å²) in [5, 5.41) is 17.3. The quantitative estimate of drug-likeness (QED) is 0.178. The van der Waals surface area contributed by atoms with Crippen LogP contribution in [0.4, 0.5) is 11.5 Å². The van der Waals surface area contributed by atoms with Crippen LogP contribution in [0, 0.1) is 10.1 Å². The summed E-state index contributed by atoms with van der Waals surface area (Å²) >= 11 is 13.2. The van der Waals surface area contributed by atoms with Crippen LogP contribution in [-0.4, -0.2) is 25.4 Å². The van der Waals surface area contributed by atoms with Gasteiger partial charge in [0.05, 0.1) is 32.3 Å². The molecule has 2 aliphatic heterocycles. The summed E-state index contributed by atoms with van der Waals surface area (Å²) in [7, 11) is 0. The minimum Gasteiger partial charge on any atom is -0.318 e. The van der Waals surface area contributed by atoms with Crippen LogP contribution < -0.4 is 0 Å². The van der Waals surface area contributed by atoms with E-state index in [0.29, 0.717) is 21.7 Å². The Labute approximate surface area is 235 Å². The molecular formula is C30H23Cl2N5O2. The van der Waals surface area contributed by atoms with Gasteiger partial charge in [0.25, 0.3) is 5.69 Å². The minimum atomic E-state index is -0.438. The fourth-order valence-electron chi connectivity index (χ4n) is 5.05. The number of halogens is 2. The summed E-state index contributed by atoms with van der Waals surface area (Å²) in [4.78, 5) is 17.9. The highest BCUT2D eigenvalue weighted by Crippen LogP contribution is 2.48. The van der Waals surface area contributed by atoms with Crippen molar-refractivity contribution in [3.8, 4) is 16.9 Å². The molecule has 7 nitrogen and oxygen atoms in total. The number of aliphatic imine (C=N–C) groups is 1. The lowest BCUT2D eigenvalue weighted by atomic mass is 9.92. The van der Waals surface area contributed by atoms with E-state index in [-0.39, 0.29) is 5.69 Å². The Morgan fingerprint density at radius 3 is 2.36 bits per heavy atom. The highest BCUT2D eigenvalue weighted by molar-refractivity contribution is 6.45. The molecule has 0 fully saturated rings. The first-order chi connectivity index (χ1) is 18.9. The number of para-hydroxylation sites is 1. The Bertz CT molecular complexity index is 1660. The van der Waals surface area contributed by atoms with E-state index in [1.807, 2.05) is 39.9 Å². The van der Waals surface area contributed by atoms with Crippen molar-refractivity contribution in [2.24, 2.45) is 4.99 Å². The Hall–Kier alpha value is -4.20. The van der Waals surface area contributed by atoms with Crippen molar-refractivity contribution in [1.29, 1.82) is 0 Å². The molecule has 39 heavy (non-hydrogen) atoms. The molecule has 3 aromatic carbocycles. The molecule has 9 heteroatoms. The lowest BCUT2D eigenvalue weighted by Crippen LogP contribution is -2.35. The summed E-state index contributed by atoms with van der Waals surface area (Å²) in [6.45, 7) is 2.16. The summed E-state index contributed by atoms with van der Waals surface area (Å²) < 4.78 is 1.83. The molecule has 4 aromatic rings. The van der Waals surface area contributed by atoms with Crippen molar-refractivity contribution >= 4 is 40.5 Å². The van der Waals surface area contributed by atoms with Crippen LogP contribution in [0.15, 0.2) is 106 Å². The van der Waals surface area contributed by atoms with E-state index >= 15 is 0 Å². The number of hydrogen-bond donors (Lipinski definition) is 0. The number of aromatic nitrogens is 2. The maximum absolute atomic E-state index is 11.4. The van der Waals surface area contributed by atoms with Crippen molar-refractivity contribution in [1.82, 2.24) is 14.7 Å². The first-order valence-electron chi connectivity index (χ1n) is 12.6. The van der Waals surface area contributed by atoms with E-state index in [0.717, 1.165) is 40.9 Å². The highest BCUT2D eigenvalue weighted by atomic mass is 35.5. The molecule has 2 aliphatic rings. The number of aryl methyl sites for hydroxylation is 1. The number of amidine groups is 1. The molecule has 0 N–H and O–H groups in total. The average Bonchev–Trinajstić information content (AvgIpc) is 3.32. The van der Waals surface area contributed by atoms with Gasteiger partial charge in [-0.05, 0) is 47.9 Å². The largest absolute Gasteiger partial charge is 0.318 e. The van der Waals surface area contributed by atoms with Crippen LogP contribution in [0.5, 0.6) is 0 Å². The van der Waals surface area contributed by atoms with Crippen LogP contribution in [0.3, 0.4) is 0 Å². The maximum Gasteiger partial charge on any atom is 0.269 e. The molecule has 0 spiro atoms. The smallest absolute Gasteiger partial charge is 0.269 e. The normalized spacial score (nSPS) is 16.1. The molecule has 1 unspecified atom stereocenters. The first-order valence-corrected chi connectivity index (χ1v) is 13.3. The van der Waals surface area contributed by atoms with Crippen molar-refractivity contribution in [3.05, 3.63) is 128 Å². The third-order valence-corrected chi connectivity index (χ3v) is 7.32. The van der Waals surface area contributed by atoms with Crippen molar-refractivity contribution in [2.45, 2.75) is 25.8 Å². The minimum absolute atomic E-state index is 0.0144. The molecule has 0 bridgehead atoms. The molecule has 6 rings (SSSR count). The second-order valence-electron chi connectivity index (χ2n) is 9.38. The van der Waals surface area contributed by atoms with Crippen LogP contribution in [0.1, 0.15) is 36.1 Å². The van der Waals surface area contributed by atoms with Gasteiger partial charge in [-0.3, -0.25) is 10.1 Å². The maximum atomic E-state index is 11.4. The Balaban J connectivity index is 1.63. The summed E-state index contributed by atoms with van der Waals surface area (Å²) in [6.07, 6.45) is 5.51. The van der Waals surface area contributed by atoms with Gasteiger partial charge < -0.3 is 4.90 Å². The van der Waals surface area contributed by atoms with Gasteiger partial charge in [-0.1, -0.05) is 79.0 Å². The number of nitrogens with zero attached hydrogens (tertiary/aromatic N) is 5. The Kier molecular flexibility index (Phi) is 6.54. The third kappa shape index (κ3) is 4.54. The van der Waals surface area contributed by atoms with Gasteiger partial charge in [-0.15, -0.1) is 0 Å². The molecule has 1 aromatic heterocycles. The van der Waals surface area contributed by atoms with Crippen molar-refractivity contribution in [2.75, 3.05) is 0 Å². The number of hydrogen-bond acceptors (Lipinski definition) is 5. The number of nitro benzene ring substituents is 1. The van der Waals surface area contributed by atoms with Gasteiger partial charge in [-0.2, -0.15) is 5.10 Å². The van der Waals surface area contributed by atoms with Gasteiger partial charge in [0.15, 0.2) is 11.7 Å². The lowest BCUT2D eigenvalue weighted by Gasteiger charge is -2.37. The zero-order valence-corrected chi connectivity index (χ0v) is 22.5. The standard InChI is InChI=1S/C30H23Cl2N5O2/c1-2-6-19-9-11-20(12-10-19)27-26-28(21-13-15-24(16-14-21)37(38)39)35-18-22(31)17-25(32)29(35)33-30(26)36(34-27)23-7-4-3-5-8-23/h3-5,7-18,28H,2,6H2,1H3. The van der Waals surface area contributed by atoms with Gasteiger partial charge >= 0.3 is 0 Å². The summed E-state index contributed by atoms with van der Waals surface area (Å²) in [5.41, 5.74) is 5.50. The number of rotatable bonds is 6. The van der Waals surface area contributed by atoms with Crippen LogP contribution in [-0.2, 0) is 6.42 Å². The topological polar surface area (TPSA) is 76.6 Å². The molecule has 0 aliphatic carbocycles. The molecule has 0 radical (unpaired) electrons. The number of allylic oxidation sites excluding steroid dienone is 2. The van der Waals surface area contributed by atoms with Gasteiger partial charge in [0.2, 0.25) is 0 Å². The monoisotopic (exact) mass is 555 g/mol. The molecule has 1 atom stereocenters. The van der Waals surface area contributed by atoms with Crippen molar-refractivity contribution < 1.29 is 4.92 Å². The van der Waals surface area contributed by atoms with E-state index in [1.54, 1.807) is 24.4 Å². The predicted octanol–water partition coefficient (Wildman–Crippen LogP) is 8.05. The van der Waals surface area contributed by atoms with E-state index < -0.39 is 11.0 Å². The van der Waals surface area contributed by atoms with Gasteiger partial charge in [0.1, 0.15) is 5.69 Å². The molecule has 0 saturated carbocycles. The Morgan fingerprint density at radius 2 is 1.69 bits per heavy atom. The fourth-order valence-corrected chi connectivity index (χ4v) is 5.58. The molecule has 0 amide bonds. The average molecular weight is 556 g/mol. The zero-order chi connectivity index (χ0) is 27.1. The van der Waals surface area contributed by atoms with E-state index in [2.05, 4.69) is 31.2 Å². The van der Waals surface area contributed by atoms with Crippen LogP contribution in [0.25, 0.3) is 16.9 Å². The number of fused-ring (bicyclic) bond motifs is 2. The second-order valence-corrected chi connectivity index (χ2v) is 10.2. The molecule has 3 heterocycles. The van der Waals surface area contributed by atoms with E-state index in [9.17, 15) is 10.1 Å². The highest BCUT2D eigenvalue weighted by Gasteiger charge is 2.39. The zero-order valence-electron chi connectivity index (χ0n) is 21.0. The molecular weight excluding hydrogens is 533 g/mol. The lowest BCUT2D eigenvalue weighted by molar-refractivity contribution is -0.384. The number of nitro groups is 1. The third-order valence-electron chi connectivity index (χ3n) is 6.83. The number of benzene rings is 3. The van der Waals surface area contributed by atoms with Crippen LogP contribution in [0.2, 0.25) is 0 Å².